The Labute approximate surface area is 178 Å². The van der Waals surface area contributed by atoms with E-state index in [0.717, 1.165) is 55.1 Å². The zero-order valence-corrected chi connectivity index (χ0v) is 18.0. The van der Waals surface area contributed by atoms with Gasteiger partial charge in [0, 0.05) is 13.1 Å². The van der Waals surface area contributed by atoms with Crippen molar-refractivity contribution >= 4 is 5.71 Å². The fraction of sp³-hybridized carbons (Fsp3) is 0.435. The van der Waals surface area contributed by atoms with Gasteiger partial charge in [0.1, 0.15) is 24.8 Å². The standard InChI is InChI=1S/C23H30N4O3/c1-5-15-28-20-9-7-19(8-10-20)18(4)26-30-23-17(3)22(24-16-25-23)29-21-11-13-27(6-2)14-12-21/h5,7-10,16,21H,1,6,11-15H2,2-4H3. The maximum atomic E-state index is 6.13. The first kappa shape index (κ1) is 21.8. The summed E-state index contributed by atoms with van der Waals surface area (Å²) in [5, 5.41) is 4.23. The van der Waals surface area contributed by atoms with Gasteiger partial charge in [-0.05, 0) is 63.1 Å². The number of hydrogen-bond acceptors (Lipinski definition) is 7. The Hall–Kier alpha value is -2.93. The summed E-state index contributed by atoms with van der Waals surface area (Å²) in [6.45, 7) is 13.3. The molecule has 7 nitrogen and oxygen atoms in total. The summed E-state index contributed by atoms with van der Waals surface area (Å²) in [4.78, 5) is 16.6. The normalized spacial score (nSPS) is 15.6. The molecule has 1 aliphatic rings. The van der Waals surface area contributed by atoms with E-state index in [9.17, 15) is 0 Å². The van der Waals surface area contributed by atoms with E-state index in [2.05, 4.69) is 33.5 Å². The van der Waals surface area contributed by atoms with Gasteiger partial charge in [-0.15, -0.1) is 0 Å². The lowest BCUT2D eigenvalue weighted by Crippen LogP contribution is -2.38. The van der Waals surface area contributed by atoms with Crippen LogP contribution in [0.2, 0.25) is 0 Å². The van der Waals surface area contributed by atoms with Crippen molar-refractivity contribution in [2.75, 3.05) is 26.2 Å². The maximum absolute atomic E-state index is 6.13. The number of benzene rings is 1. The van der Waals surface area contributed by atoms with Crippen molar-refractivity contribution in [3.05, 3.63) is 54.4 Å². The number of oxime groups is 1. The number of aromatic nitrogens is 2. The summed E-state index contributed by atoms with van der Waals surface area (Å²) < 4.78 is 11.6. The Morgan fingerprint density at radius 2 is 1.90 bits per heavy atom. The van der Waals surface area contributed by atoms with Crippen molar-refractivity contribution < 1.29 is 14.3 Å². The van der Waals surface area contributed by atoms with Crippen LogP contribution in [0.15, 0.2) is 48.4 Å². The molecule has 3 rings (SSSR count). The molecular weight excluding hydrogens is 380 g/mol. The molecular formula is C23H30N4O3. The van der Waals surface area contributed by atoms with Crippen LogP contribution in [0.5, 0.6) is 17.5 Å². The summed E-state index contributed by atoms with van der Waals surface area (Å²) in [5.74, 6) is 1.74. The molecule has 1 fully saturated rings. The molecule has 0 bridgehead atoms. The van der Waals surface area contributed by atoms with Gasteiger partial charge in [-0.2, -0.15) is 4.98 Å². The summed E-state index contributed by atoms with van der Waals surface area (Å²) >= 11 is 0. The van der Waals surface area contributed by atoms with Crippen LogP contribution < -0.4 is 14.3 Å². The molecule has 0 saturated carbocycles. The zero-order valence-electron chi connectivity index (χ0n) is 18.0. The fourth-order valence-corrected chi connectivity index (χ4v) is 3.24. The van der Waals surface area contributed by atoms with Crippen LogP contribution in [0.4, 0.5) is 0 Å². The molecule has 0 radical (unpaired) electrons. The molecule has 1 aromatic heterocycles. The fourth-order valence-electron chi connectivity index (χ4n) is 3.24. The molecule has 0 aliphatic carbocycles. The van der Waals surface area contributed by atoms with E-state index in [-0.39, 0.29) is 6.10 Å². The van der Waals surface area contributed by atoms with E-state index >= 15 is 0 Å². The average molecular weight is 411 g/mol. The van der Waals surface area contributed by atoms with E-state index < -0.39 is 0 Å². The second-order valence-corrected chi connectivity index (χ2v) is 7.25. The predicted octanol–water partition coefficient (Wildman–Crippen LogP) is 4.02. The Balaban J connectivity index is 1.62. The van der Waals surface area contributed by atoms with Gasteiger partial charge < -0.3 is 19.2 Å². The highest BCUT2D eigenvalue weighted by molar-refractivity contribution is 5.98. The van der Waals surface area contributed by atoms with E-state index in [1.807, 2.05) is 38.1 Å². The number of hydrogen-bond donors (Lipinski definition) is 0. The van der Waals surface area contributed by atoms with Crippen molar-refractivity contribution in [1.29, 1.82) is 0 Å². The second-order valence-electron chi connectivity index (χ2n) is 7.25. The van der Waals surface area contributed by atoms with Crippen LogP contribution >= 0.6 is 0 Å². The lowest BCUT2D eigenvalue weighted by molar-refractivity contribution is 0.0985. The largest absolute Gasteiger partial charge is 0.490 e. The second kappa shape index (κ2) is 10.7. The lowest BCUT2D eigenvalue weighted by atomic mass is 10.1. The first-order valence-corrected chi connectivity index (χ1v) is 10.4. The summed E-state index contributed by atoms with van der Waals surface area (Å²) in [7, 11) is 0. The van der Waals surface area contributed by atoms with Crippen LogP contribution in [0.25, 0.3) is 0 Å². The minimum Gasteiger partial charge on any atom is -0.490 e. The Bertz CT molecular complexity index is 859. The van der Waals surface area contributed by atoms with Gasteiger partial charge in [-0.1, -0.05) is 24.7 Å². The van der Waals surface area contributed by atoms with E-state index in [1.54, 1.807) is 6.08 Å². The van der Waals surface area contributed by atoms with Crippen molar-refractivity contribution in [1.82, 2.24) is 14.9 Å². The summed E-state index contributed by atoms with van der Waals surface area (Å²) in [6, 6.07) is 7.66. The third-order valence-corrected chi connectivity index (χ3v) is 5.16. The molecule has 30 heavy (non-hydrogen) atoms. The van der Waals surface area contributed by atoms with Crippen molar-refractivity contribution in [2.45, 2.75) is 39.7 Å². The zero-order chi connectivity index (χ0) is 21.3. The third-order valence-electron chi connectivity index (χ3n) is 5.16. The molecule has 2 aromatic rings. The Kier molecular flexibility index (Phi) is 7.79. The highest BCUT2D eigenvalue weighted by Crippen LogP contribution is 2.26. The van der Waals surface area contributed by atoms with Crippen LogP contribution in [-0.2, 0) is 0 Å². The topological polar surface area (TPSA) is 69.1 Å². The molecule has 1 saturated heterocycles. The Morgan fingerprint density at radius 1 is 1.20 bits per heavy atom. The molecule has 160 valence electrons. The molecule has 0 spiro atoms. The van der Waals surface area contributed by atoms with Crippen molar-refractivity contribution in [2.24, 2.45) is 5.16 Å². The third kappa shape index (κ3) is 5.79. The number of rotatable bonds is 9. The Morgan fingerprint density at radius 3 is 2.57 bits per heavy atom. The monoisotopic (exact) mass is 410 g/mol. The molecule has 0 amide bonds. The molecule has 0 atom stereocenters. The first-order chi connectivity index (χ1) is 14.6. The van der Waals surface area contributed by atoms with Crippen LogP contribution in [0.1, 0.15) is 37.8 Å². The van der Waals surface area contributed by atoms with E-state index in [1.165, 1.54) is 6.33 Å². The highest BCUT2D eigenvalue weighted by atomic mass is 16.6. The van der Waals surface area contributed by atoms with E-state index in [4.69, 9.17) is 14.3 Å². The predicted molar refractivity (Wildman–Crippen MR) is 118 cm³/mol. The summed E-state index contributed by atoms with van der Waals surface area (Å²) in [6.07, 6.45) is 5.33. The molecule has 7 heteroatoms. The van der Waals surface area contributed by atoms with Gasteiger partial charge in [0.05, 0.1) is 11.3 Å². The molecule has 1 aliphatic heterocycles. The van der Waals surface area contributed by atoms with Crippen molar-refractivity contribution in [3.8, 4) is 17.5 Å². The van der Waals surface area contributed by atoms with Crippen LogP contribution in [0, 0.1) is 6.92 Å². The van der Waals surface area contributed by atoms with Gasteiger partial charge in [-0.25, -0.2) is 4.98 Å². The van der Waals surface area contributed by atoms with Crippen LogP contribution in [0.3, 0.4) is 0 Å². The lowest BCUT2D eigenvalue weighted by Gasteiger charge is -2.31. The van der Waals surface area contributed by atoms with Crippen LogP contribution in [-0.4, -0.2) is 52.9 Å². The number of ether oxygens (including phenoxy) is 2. The minimum atomic E-state index is 0.168. The average Bonchev–Trinajstić information content (AvgIpc) is 2.79. The van der Waals surface area contributed by atoms with Gasteiger partial charge >= 0.3 is 0 Å². The molecule has 1 aromatic carbocycles. The van der Waals surface area contributed by atoms with Gasteiger partial charge in [0.15, 0.2) is 0 Å². The quantitative estimate of drug-likeness (QED) is 0.353. The first-order valence-electron chi connectivity index (χ1n) is 10.4. The van der Waals surface area contributed by atoms with Gasteiger partial charge in [0.2, 0.25) is 5.88 Å². The van der Waals surface area contributed by atoms with Gasteiger partial charge in [-0.3, -0.25) is 0 Å². The SMILES string of the molecule is C=CCOc1ccc(C(C)=NOc2ncnc(OC3CCN(CC)CC3)c2C)cc1. The van der Waals surface area contributed by atoms with E-state index in [0.29, 0.717) is 18.4 Å². The maximum Gasteiger partial charge on any atom is 0.258 e. The van der Waals surface area contributed by atoms with Crippen molar-refractivity contribution in [3.63, 3.8) is 0 Å². The molecule has 2 heterocycles. The number of likely N-dealkylation sites (tertiary alicyclic amines) is 1. The molecule has 0 unspecified atom stereocenters. The smallest absolute Gasteiger partial charge is 0.258 e. The minimum absolute atomic E-state index is 0.168. The summed E-state index contributed by atoms with van der Waals surface area (Å²) in [5.41, 5.74) is 2.42. The molecule has 0 N–H and O–H groups in total. The number of piperidine rings is 1. The number of nitrogens with zero attached hydrogens (tertiary/aromatic N) is 4. The van der Waals surface area contributed by atoms with Gasteiger partial charge in [0.25, 0.3) is 5.88 Å². The highest BCUT2D eigenvalue weighted by Gasteiger charge is 2.21.